The van der Waals surface area contributed by atoms with Gasteiger partial charge < -0.3 is 14.4 Å². The van der Waals surface area contributed by atoms with Crippen molar-refractivity contribution in [3.05, 3.63) is 40.8 Å². The largest absolute Gasteiger partial charge is 0.488 e. The van der Waals surface area contributed by atoms with E-state index in [1.165, 1.54) is 11.3 Å². The molecule has 2 aliphatic rings. The predicted octanol–water partition coefficient (Wildman–Crippen LogP) is 3.48. The van der Waals surface area contributed by atoms with Crippen molar-refractivity contribution in [2.24, 2.45) is 0 Å². The lowest BCUT2D eigenvalue weighted by molar-refractivity contribution is -0.138. The minimum Gasteiger partial charge on any atom is -0.488 e. The van der Waals surface area contributed by atoms with Gasteiger partial charge in [0.25, 0.3) is 5.91 Å². The summed E-state index contributed by atoms with van der Waals surface area (Å²) in [5, 5.41) is 0. The highest BCUT2D eigenvalue weighted by molar-refractivity contribution is 7.17. The third-order valence-corrected chi connectivity index (χ3v) is 5.77. The number of likely N-dealkylation sites (tertiary alicyclic amines) is 1. The predicted molar refractivity (Wildman–Crippen MR) is 94.8 cm³/mol. The zero-order chi connectivity index (χ0) is 17.4. The Balaban J connectivity index is 1.50. The topological polar surface area (TPSA) is 55.8 Å². The van der Waals surface area contributed by atoms with Gasteiger partial charge in [0.2, 0.25) is 0 Å². The zero-order valence-electron chi connectivity index (χ0n) is 14.0. The van der Waals surface area contributed by atoms with E-state index >= 15 is 0 Å². The molecular weight excluding hydrogens is 338 g/mol. The van der Waals surface area contributed by atoms with E-state index in [0.717, 1.165) is 47.7 Å². The molecule has 2 aliphatic heterocycles. The maximum atomic E-state index is 12.5. The molecule has 0 aliphatic carbocycles. The van der Waals surface area contributed by atoms with Crippen LogP contribution in [0, 0.1) is 0 Å². The molecule has 0 N–H and O–H groups in total. The van der Waals surface area contributed by atoms with E-state index < -0.39 is 12.1 Å². The number of hydrogen-bond acceptors (Lipinski definition) is 5. The Morgan fingerprint density at radius 2 is 2.00 bits per heavy atom. The summed E-state index contributed by atoms with van der Waals surface area (Å²) in [6.45, 7) is 3.59. The van der Waals surface area contributed by atoms with Gasteiger partial charge in [0.1, 0.15) is 17.2 Å². The molecule has 1 aromatic carbocycles. The van der Waals surface area contributed by atoms with E-state index in [1.54, 1.807) is 11.8 Å². The molecule has 0 radical (unpaired) electrons. The third-order valence-electron chi connectivity index (χ3n) is 4.57. The average molecular weight is 357 g/mol. The van der Waals surface area contributed by atoms with Gasteiger partial charge in [0, 0.05) is 29.1 Å². The van der Waals surface area contributed by atoms with Crippen LogP contribution >= 0.6 is 11.3 Å². The van der Waals surface area contributed by atoms with Gasteiger partial charge in [-0.15, -0.1) is 11.3 Å². The molecule has 1 fully saturated rings. The quantitative estimate of drug-likeness (QED) is 0.789. The minimum atomic E-state index is -0.756. The molecule has 1 saturated heterocycles. The van der Waals surface area contributed by atoms with Gasteiger partial charge in [0.15, 0.2) is 6.10 Å². The number of carbonyl (C=O) groups excluding carboxylic acids is 2. The summed E-state index contributed by atoms with van der Waals surface area (Å²) in [6, 6.07) is 9.60. The molecule has 130 valence electrons. The number of hydrogen-bond donors (Lipinski definition) is 0. The van der Waals surface area contributed by atoms with Crippen LogP contribution in [0.15, 0.2) is 30.3 Å². The van der Waals surface area contributed by atoms with Crippen LogP contribution in [-0.4, -0.2) is 36.0 Å². The van der Waals surface area contributed by atoms with Crippen molar-refractivity contribution in [1.29, 1.82) is 0 Å². The number of amides is 1. The molecule has 0 saturated carbocycles. The molecule has 0 spiro atoms. The average Bonchev–Trinajstić information content (AvgIpc) is 3.30. The molecule has 2 aromatic rings. The van der Waals surface area contributed by atoms with Crippen LogP contribution in [-0.2, 0) is 16.1 Å². The molecule has 1 aromatic heterocycles. The molecule has 1 amide bonds. The molecule has 0 bridgehead atoms. The van der Waals surface area contributed by atoms with Crippen molar-refractivity contribution in [1.82, 2.24) is 4.90 Å². The Morgan fingerprint density at radius 3 is 2.80 bits per heavy atom. The zero-order valence-corrected chi connectivity index (χ0v) is 14.8. The number of thiophene rings is 1. The smallest absolute Gasteiger partial charge is 0.349 e. The molecule has 1 atom stereocenters. The van der Waals surface area contributed by atoms with Crippen LogP contribution in [0.25, 0.3) is 10.4 Å². The second-order valence-electron chi connectivity index (χ2n) is 6.33. The molecule has 1 unspecified atom stereocenters. The number of fused-ring (bicyclic) bond motifs is 3. The second kappa shape index (κ2) is 6.52. The van der Waals surface area contributed by atoms with Gasteiger partial charge in [-0.25, -0.2) is 4.79 Å². The molecule has 6 heteroatoms. The van der Waals surface area contributed by atoms with Crippen molar-refractivity contribution < 1.29 is 19.1 Å². The number of rotatable bonds is 3. The van der Waals surface area contributed by atoms with E-state index in [2.05, 4.69) is 0 Å². The normalized spacial score (nSPS) is 16.6. The Kier molecular flexibility index (Phi) is 4.21. The van der Waals surface area contributed by atoms with Crippen LogP contribution < -0.4 is 4.74 Å². The lowest BCUT2D eigenvalue weighted by Gasteiger charge is -2.20. The molecular formula is C19H19NO4S. The van der Waals surface area contributed by atoms with Crippen molar-refractivity contribution >= 4 is 23.2 Å². The highest BCUT2D eigenvalue weighted by Gasteiger charge is 2.28. The Morgan fingerprint density at radius 1 is 1.24 bits per heavy atom. The summed E-state index contributed by atoms with van der Waals surface area (Å²) in [7, 11) is 0. The Bertz CT molecular complexity index is 823. The molecule has 5 nitrogen and oxygen atoms in total. The first-order valence-corrected chi connectivity index (χ1v) is 9.30. The fourth-order valence-corrected chi connectivity index (χ4v) is 4.34. The molecule has 25 heavy (non-hydrogen) atoms. The first kappa shape index (κ1) is 16.1. The van der Waals surface area contributed by atoms with Crippen molar-refractivity contribution in [2.45, 2.75) is 32.5 Å². The summed E-state index contributed by atoms with van der Waals surface area (Å²) in [6.07, 6.45) is 1.28. The van der Waals surface area contributed by atoms with Gasteiger partial charge in [-0.3, -0.25) is 4.79 Å². The first-order valence-electron chi connectivity index (χ1n) is 8.48. The molecule has 4 rings (SSSR count). The van der Waals surface area contributed by atoms with E-state index in [0.29, 0.717) is 11.5 Å². The first-order chi connectivity index (χ1) is 12.1. The second-order valence-corrected chi connectivity index (χ2v) is 7.38. The summed E-state index contributed by atoms with van der Waals surface area (Å²) >= 11 is 1.39. The summed E-state index contributed by atoms with van der Waals surface area (Å²) < 4.78 is 11.1. The Hall–Kier alpha value is -2.34. The van der Waals surface area contributed by atoms with Gasteiger partial charge >= 0.3 is 5.97 Å². The standard InChI is InChI=1S/C19H19NO4S/c1-12(18(21)20-8-4-5-9-20)24-19(22)16-10-13-11-23-15-7-3-2-6-14(15)17(13)25-16/h2-3,6-7,10,12H,4-5,8-9,11H2,1H3. The summed E-state index contributed by atoms with van der Waals surface area (Å²) in [4.78, 5) is 28.1. The minimum absolute atomic E-state index is 0.110. The number of nitrogens with zero attached hydrogens (tertiary/aromatic N) is 1. The van der Waals surface area contributed by atoms with E-state index in [4.69, 9.17) is 9.47 Å². The fourth-order valence-electron chi connectivity index (χ4n) is 3.26. The molecule has 3 heterocycles. The van der Waals surface area contributed by atoms with Crippen LogP contribution in [0.4, 0.5) is 0 Å². The number of para-hydroxylation sites is 1. The van der Waals surface area contributed by atoms with Crippen LogP contribution in [0.3, 0.4) is 0 Å². The van der Waals surface area contributed by atoms with Crippen LogP contribution in [0.2, 0.25) is 0 Å². The van der Waals surface area contributed by atoms with Crippen LogP contribution in [0.1, 0.15) is 35.0 Å². The lowest BCUT2D eigenvalue weighted by Crippen LogP contribution is -2.38. The SMILES string of the molecule is CC(OC(=O)c1cc2c(s1)-c1ccccc1OC2)C(=O)N1CCCC1. The highest BCUT2D eigenvalue weighted by Crippen LogP contribution is 2.42. The van der Waals surface area contributed by atoms with E-state index in [9.17, 15) is 9.59 Å². The van der Waals surface area contributed by atoms with Gasteiger partial charge in [-0.1, -0.05) is 12.1 Å². The maximum absolute atomic E-state index is 12.5. The van der Waals surface area contributed by atoms with E-state index in [-0.39, 0.29) is 5.91 Å². The monoisotopic (exact) mass is 357 g/mol. The Labute approximate surface area is 150 Å². The van der Waals surface area contributed by atoms with Crippen molar-refractivity contribution in [3.8, 4) is 16.2 Å². The van der Waals surface area contributed by atoms with Crippen LogP contribution in [0.5, 0.6) is 5.75 Å². The third kappa shape index (κ3) is 3.02. The lowest BCUT2D eigenvalue weighted by atomic mass is 10.1. The number of carbonyl (C=O) groups is 2. The van der Waals surface area contributed by atoms with Crippen molar-refractivity contribution in [3.63, 3.8) is 0 Å². The van der Waals surface area contributed by atoms with Gasteiger partial charge in [-0.2, -0.15) is 0 Å². The van der Waals surface area contributed by atoms with E-state index in [1.807, 2.05) is 30.3 Å². The number of esters is 1. The van der Waals surface area contributed by atoms with Gasteiger partial charge in [-0.05, 0) is 38.0 Å². The fraction of sp³-hybridized carbons (Fsp3) is 0.368. The number of benzene rings is 1. The number of ether oxygens (including phenoxy) is 2. The van der Waals surface area contributed by atoms with Gasteiger partial charge in [0.05, 0.1) is 0 Å². The van der Waals surface area contributed by atoms with Crippen molar-refractivity contribution in [2.75, 3.05) is 13.1 Å². The summed E-state index contributed by atoms with van der Waals surface area (Å²) in [5.74, 6) is 0.270. The highest BCUT2D eigenvalue weighted by atomic mass is 32.1. The maximum Gasteiger partial charge on any atom is 0.349 e. The summed E-state index contributed by atoms with van der Waals surface area (Å²) in [5.41, 5.74) is 1.98.